The van der Waals surface area contributed by atoms with Crippen LogP contribution >= 0.6 is 34.7 Å². The van der Waals surface area contributed by atoms with Crippen LogP contribution in [0.25, 0.3) is 6.08 Å². The molecular weight excluding hydrogens is 452 g/mol. The fraction of sp³-hybridized carbons (Fsp3) is 0.174. The van der Waals surface area contributed by atoms with Gasteiger partial charge in [0.1, 0.15) is 0 Å². The minimum atomic E-state index is -0.618. The Bertz CT molecular complexity index is 1370. The van der Waals surface area contributed by atoms with Gasteiger partial charge in [-0.2, -0.15) is 0 Å². The highest BCUT2D eigenvalue weighted by Crippen LogP contribution is 2.31. The third-order valence-corrected chi connectivity index (χ3v) is 7.12. The Kier molecular flexibility index (Phi) is 6.18. The van der Waals surface area contributed by atoms with E-state index in [2.05, 4.69) is 4.99 Å². The predicted octanol–water partition coefficient (Wildman–Crippen LogP) is 3.78. The summed E-state index contributed by atoms with van der Waals surface area (Å²) in [6, 6.07) is 14.5. The van der Waals surface area contributed by atoms with E-state index in [1.165, 1.54) is 18.4 Å². The van der Waals surface area contributed by atoms with Crippen molar-refractivity contribution < 1.29 is 9.53 Å². The molecule has 1 aliphatic rings. The highest BCUT2D eigenvalue weighted by atomic mass is 35.5. The van der Waals surface area contributed by atoms with E-state index in [0.717, 1.165) is 16.0 Å². The predicted molar refractivity (Wildman–Crippen MR) is 125 cm³/mol. The zero-order chi connectivity index (χ0) is 22.1. The first kappa shape index (κ1) is 21.6. The molecule has 5 nitrogen and oxygen atoms in total. The van der Waals surface area contributed by atoms with Crippen LogP contribution in [0.5, 0.6) is 0 Å². The zero-order valence-corrected chi connectivity index (χ0v) is 19.5. The van der Waals surface area contributed by atoms with Crippen LogP contribution in [-0.2, 0) is 9.53 Å². The monoisotopic (exact) mass is 470 g/mol. The number of rotatable bonds is 4. The number of esters is 1. The van der Waals surface area contributed by atoms with Crippen molar-refractivity contribution in [3.05, 3.63) is 95.6 Å². The number of aromatic nitrogens is 1. The van der Waals surface area contributed by atoms with Gasteiger partial charge < -0.3 is 4.74 Å². The summed E-state index contributed by atoms with van der Waals surface area (Å²) in [6.45, 7) is 1.76. The van der Waals surface area contributed by atoms with E-state index in [9.17, 15) is 9.59 Å². The average molecular weight is 471 g/mol. The lowest BCUT2D eigenvalue weighted by Crippen LogP contribution is -2.39. The van der Waals surface area contributed by atoms with Gasteiger partial charge in [0.05, 0.1) is 29.0 Å². The van der Waals surface area contributed by atoms with Crippen LogP contribution in [0, 0.1) is 0 Å². The Morgan fingerprint density at radius 1 is 1.23 bits per heavy atom. The minimum absolute atomic E-state index is 0.225. The Balaban J connectivity index is 1.97. The Labute approximate surface area is 192 Å². The molecule has 1 aromatic heterocycles. The van der Waals surface area contributed by atoms with Crippen molar-refractivity contribution in [3.63, 3.8) is 0 Å². The van der Waals surface area contributed by atoms with Crippen molar-refractivity contribution in [1.29, 1.82) is 0 Å². The second-order valence-electron chi connectivity index (χ2n) is 6.87. The fourth-order valence-corrected chi connectivity index (χ4v) is 5.16. The molecule has 0 aliphatic carbocycles. The molecule has 0 saturated heterocycles. The lowest BCUT2D eigenvalue weighted by molar-refractivity contribution is -0.136. The van der Waals surface area contributed by atoms with Gasteiger partial charge in [-0.15, -0.1) is 11.8 Å². The Hall–Kier alpha value is -2.61. The van der Waals surface area contributed by atoms with Crippen LogP contribution in [0.2, 0.25) is 5.02 Å². The molecule has 1 aliphatic heterocycles. The fourth-order valence-electron chi connectivity index (χ4n) is 3.53. The summed E-state index contributed by atoms with van der Waals surface area (Å²) in [4.78, 5) is 32.3. The molecule has 4 rings (SSSR count). The number of methoxy groups -OCH3 is 1. The first-order valence-electron chi connectivity index (χ1n) is 9.44. The zero-order valence-electron chi connectivity index (χ0n) is 17.1. The van der Waals surface area contributed by atoms with Crippen molar-refractivity contribution in [1.82, 2.24) is 4.57 Å². The molecule has 0 bridgehead atoms. The standard InChI is InChI=1S/C23H19ClN2O3S2/c1-13-19(22(28)29-2)20(14-8-10-16(30-3)11-9-14)26-21(27)18(31-23(26)25-13)12-15-6-4-5-7-17(15)24/h4-12,20H,1-3H3/b18-12-. The molecule has 8 heteroatoms. The number of allylic oxidation sites excluding steroid dienone is 1. The van der Waals surface area contributed by atoms with Gasteiger partial charge in [-0.3, -0.25) is 9.36 Å². The van der Waals surface area contributed by atoms with Crippen LogP contribution in [0.4, 0.5) is 0 Å². The summed E-state index contributed by atoms with van der Waals surface area (Å²) in [6.07, 6.45) is 3.76. The summed E-state index contributed by atoms with van der Waals surface area (Å²) in [5.41, 5.74) is 2.24. The molecule has 2 aromatic carbocycles. The first-order chi connectivity index (χ1) is 14.9. The number of hydrogen-bond donors (Lipinski definition) is 0. The van der Waals surface area contributed by atoms with E-state index in [-0.39, 0.29) is 5.56 Å². The average Bonchev–Trinajstić information content (AvgIpc) is 3.08. The maximum absolute atomic E-state index is 13.5. The summed E-state index contributed by atoms with van der Waals surface area (Å²) < 4.78 is 7.10. The third-order valence-electron chi connectivity index (χ3n) is 5.05. The number of carbonyl (C=O) groups is 1. The molecule has 0 fully saturated rings. The van der Waals surface area contributed by atoms with Crippen LogP contribution in [-0.4, -0.2) is 23.9 Å². The topological polar surface area (TPSA) is 60.7 Å². The van der Waals surface area contributed by atoms with Crippen molar-refractivity contribution in [2.45, 2.75) is 17.9 Å². The first-order valence-corrected chi connectivity index (χ1v) is 11.9. The number of hydrogen-bond acceptors (Lipinski definition) is 6. The maximum atomic E-state index is 13.5. The van der Waals surface area contributed by atoms with Crippen molar-refractivity contribution in [2.75, 3.05) is 13.4 Å². The van der Waals surface area contributed by atoms with Gasteiger partial charge in [0.15, 0.2) is 4.80 Å². The third kappa shape index (κ3) is 4.01. The van der Waals surface area contributed by atoms with Gasteiger partial charge in [-0.05, 0) is 48.6 Å². The van der Waals surface area contributed by atoms with Crippen LogP contribution in [0.15, 0.2) is 74.5 Å². The lowest BCUT2D eigenvalue weighted by Gasteiger charge is -2.24. The molecular formula is C23H19ClN2O3S2. The molecule has 1 unspecified atom stereocenters. The van der Waals surface area contributed by atoms with Crippen molar-refractivity contribution >= 4 is 46.7 Å². The molecule has 0 spiro atoms. The van der Waals surface area contributed by atoms with Crippen molar-refractivity contribution in [3.8, 4) is 0 Å². The molecule has 2 heterocycles. The van der Waals surface area contributed by atoms with E-state index < -0.39 is 12.0 Å². The molecule has 158 valence electrons. The molecule has 0 saturated carbocycles. The Morgan fingerprint density at radius 3 is 2.58 bits per heavy atom. The number of nitrogens with zero attached hydrogens (tertiary/aromatic N) is 2. The molecule has 0 N–H and O–H groups in total. The second-order valence-corrected chi connectivity index (χ2v) is 9.16. The van der Waals surface area contributed by atoms with Crippen LogP contribution in [0.1, 0.15) is 24.1 Å². The number of halogens is 1. The summed E-state index contributed by atoms with van der Waals surface area (Å²) in [7, 11) is 1.33. The number of fused-ring (bicyclic) bond motifs is 1. The quantitative estimate of drug-likeness (QED) is 0.430. The van der Waals surface area contributed by atoms with Gasteiger partial charge in [0.25, 0.3) is 5.56 Å². The number of carbonyl (C=O) groups excluding carboxylic acids is 1. The van der Waals surface area contributed by atoms with Crippen molar-refractivity contribution in [2.24, 2.45) is 4.99 Å². The second kappa shape index (κ2) is 8.86. The maximum Gasteiger partial charge on any atom is 0.338 e. The van der Waals surface area contributed by atoms with Crippen LogP contribution < -0.4 is 14.9 Å². The van der Waals surface area contributed by atoms with Gasteiger partial charge in [0, 0.05) is 9.92 Å². The molecule has 1 atom stereocenters. The minimum Gasteiger partial charge on any atom is -0.466 e. The Morgan fingerprint density at radius 2 is 1.94 bits per heavy atom. The normalized spacial score (nSPS) is 16.1. The number of benzene rings is 2. The molecule has 0 radical (unpaired) electrons. The lowest BCUT2D eigenvalue weighted by atomic mass is 9.96. The van der Waals surface area contributed by atoms with E-state index in [0.29, 0.717) is 25.6 Å². The van der Waals surface area contributed by atoms with Gasteiger partial charge in [-0.1, -0.05) is 53.3 Å². The summed E-state index contributed by atoms with van der Waals surface area (Å²) >= 11 is 9.18. The van der Waals surface area contributed by atoms with Gasteiger partial charge >= 0.3 is 5.97 Å². The molecule has 0 amide bonds. The SMILES string of the molecule is COC(=O)C1=C(C)N=c2s/c(=C\c3ccccc3Cl)c(=O)n2C1c1ccc(SC)cc1. The van der Waals surface area contributed by atoms with Gasteiger partial charge in [-0.25, -0.2) is 9.79 Å². The highest BCUT2D eigenvalue weighted by molar-refractivity contribution is 7.98. The van der Waals surface area contributed by atoms with E-state index in [1.807, 2.05) is 48.7 Å². The summed E-state index contributed by atoms with van der Waals surface area (Å²) in [5, 5.41) is 0.559. The molecule has 3 aromatic rings. The van der Waals surface area contributed by atoms with Crippen LogP contribution in [0.3, 0.4) is 0 Å². The molecule has 31 heavy (non-hydrogen) atoms. The van der Waals surface area contributed by atoms with Gasteiger partial charge in [0.2, 0.25) is 0 Å². The summed E-state index contributed by atoms with van der Waals surface area (Å²) in [5.74, 6) is -0.499. The van der Waals surface area contributed by atoms with E-state index in [1.54, 1.807) is 35.4 Å². The number of ether oxygens (including phenoxy) is 1. The smallest absolute Gasteiger partial charge is 0.338 e. The largest absolute Gasteiger partial charge is 0.466 e. The van der Waals surface area contributed by atoms with E-state index in [4.69, 9.17) is 16.3 Å². The van der Waals surface area contributed by atoms with E-state index >= 15 is 0 Å². The number of thioether (sulfide) groups is 1. The number of thiazole rings is 1. The highest BCUT2D eigenvalue weighted by Gasteiger charge is 2.33.